The zero-order valence-corrected chi connectivity index (χ0v) is 17.8. The molecule has 29 heavy (non-hydrogen) atoms. The maximum atomic E-state index is 13.2. The molecule has 1 aromatic heterocycles. The largest absolute Gasteiger partial charge is 0.379 e. The van der Waals surface area contributed by atoms with Crippen LogP contribution in [0.15, 0.2) is 53.6 Å². The number of hydrogen-bond donors (Lipinski definition) is 0. The van der Waals surface area contributed by atoms with Gasteiger partial charge in [-0.15, -0.1) is 11.8 Å². The summed E-state index contributed by atoms with van der Waals surface area (Å²) in [4.78, 5) is 17.1. The van der Waals surface area contributed by atoms with Crippen molar-refractivity contribution in [2.45, 2.75) is 16.7 Å². The average molecular weight is 436 g/mol. The lowest BCUT2D eigenvalue weighted by atomic mass is 10.3. The van der Waals surface area contributed by atoms with Gasteiger partial charge in [-0.3, -0.25) is 9.69 Å². The number of ether oxygens (including phenoxy) is 1. The van der Waals surface area contributed by atoms with Gasteiger partial charge in [-0.2, -0.15) is 0 Å². The van der Waals surface area contributed by atoms with Gasteiger partial charge in [-0.1, -0.05) is 18.2 Å². The number of rotatable bonds is 6. The van der Waals surface area contributed by atoms with Crippen molar-refractivity contribution in [2.24, 2.45) is 0 Å². The summed E-state index contributed by atoms with van der Waals surface area (Å²) >= 11 is 1.62. The Balaban J connectivity index is 1.59. The van der Waals surface area contributed by atoms with Gasteiger partial charge in [0, 0.05) is 44.5 Å². The average Bonchev–Trinajstić information content (AvgIpc) is 3.25. The summed E-state index contributed by atoms with van der Waals surface area (Å²) in [6.45, 7) is 4.48. The number of benzene rings is 1. The second-order valence-corrected chi connectivity index (χ2v) is 10.1. The van der Waals surface area contributed by atoms with Gasteiger partial charge in [0.15, 0.2) is 0 Å². The van der Waals surface area contributed by atoms with Crippen LogP contribution in [0.25, 0.3) is 0 Å². The van der Waals surface area contributed by atoms with Gasteiger partial charge >= 0.3 is 0 Å². The molecular formula is C20H25N3O4S2. The van der Waals surface area contributed by atoms with Crippen molar-refractivity contribution in [3.8, 4) is 0 Å². The SMILES string of the molecule is O=C1CCSC(c2cccn2S(=O)(=O)c2ccccc2)N1CCN1CCOCC1. The molecule has 9 heteroatoms. The van der Waals surface area contributed by atoms with Crippen molar-refractivity contribution in [3.05, 3.63) is 54.4 Å². The van der Waals surface area contributed by atoms with E-state index >= 15 is 0 Å². The third-order valence-corrected chi connectivity index (χ3v) is 8.22. The minimum atomic E-state index is -3.71. The number of hydrogen-bond acceptors (Lipinski definition) is 6. The highest BCUT2D eigenvalue weighted by Gasteiger charge is 2.34. The molecule has 1 amide bonds. The molecule has 3 heterocycles. The van der Waals surface area contributed by atoms with E-state index in [-0.39, 0.29) is 16.2 Å². The van der Waals surface area contributed by atoms with Crippen LogP contribution in [0.4, 0.5) is 0 Å². The molecule has 156 valence electrons. The van der Waals surface area contributed by atoms with Crippen molar-refractivity contribution in [2.75, 3.05) is 45.1 Å². The number of amides is 1. The smallest absolute Gasteiger partial charge is 0.267 e. The molecule has 0 aliphatic carbocycles. The van der Waals surface area contributed by atoms with Crippen molar-refractivity contribution in [1.82, 2.24) is 13.8 Å². The zero-order chi connectivity index (χ0) is 20.3. The topological polar surface area (TPSA) is 71.9 Å². The fraction of sp³-hybridized carbons (Fsp3) is 0.450. The standard InChI is InChI=1S/C20H25N3O4S2/c24-19-8-16-28-20(22(19)11-10-21-12-14-27-15-13-21)18-7-4-9-23(18)29(25,26)17-5-2-1-3-6-17/h1-7,9,20H,8,10-16H2. The van der Waals surface area contributed by atoms with Crippen molar-refractivity contribution >= 4 is 27.7 Å². The molecule has 0 radical (unpaired) electrons. The van der Waals surface area contributed by atoms with Crippen LogP contribution in [-0.4, -0.2) is 73.2 Å². The molecule has 1 unspecified atom stereocenters. The van der Waals surface area contributed by atoms with Gasteiger partial charge in [0.25, 0.3) is 10.0 Å². The lowest BCUT2D eigenvalue weighted by Crippen LogP contribution is -2.45. The summed E-state index contributed by atoms with van der Waals surface area (Å²) in [6.07, 6.45) is 2.05. The van der Waals surface area contributed by atoms with Crippen LogP contribution in [0.2, 0.25) is 0 Å². The van der Waals surface area contributed by atoms with E-state index in [9.17, 15) is 13.2 Å². The van der Waals surface area contributed by atoms with Crippen LogP contribution in [0.5, 0.6) is 0 Å². The Morgan fingerprint density at radius 1 is 1.03 bits per heavy atom. The van der Waals surface area contributed by atoms with Crippen LogP contribution in [0.3, 0.4) is 0 Å². The fourth-order valence-corrected chi connectivity index (χ4v) is 6.42. The van der Waals surface area contributed by atoms with E-state index in [1.54, 1.807) is 60.4 Å². The summed E-state index contributed by atoms with van der Waals surface area (Å²) in [6, 6.07) is 11.9. The highest BCUT2D eigenvalue weighted by Crippen LogP contribution is 2.38. The molecule has 1 atom stereocenters. The van der Waals surface area contributed by atoms with E-state index in [0.29, 0.717) is 37.6 Å². The number of carbonyl (C=O) groups excluding carboxylic acids is 1. The first-order valence-electron chi connectivity index (χ1n) is 9.76. The Hall–Kier alpha value is -1.81. The zero-order valence-electron chi connectivity index (χ0n) is 16.1. The lowest BCUT2D eigenvalue weighted by molar-refractivity contribution is -0.132. The van der Waals surface area contributed by atoms with Gasteiger partial charge in [-0.25, -0.2) is 12.4 Å². The molecule has 0 spiro atoms. The van der Waals surface area contributed by atoms with Crippen LogP contribution in [0, 0.1) is 0 Å². The molecule has 2 aromatic rings. The first-order chi connectivity index (χ1) is 14.1. The van der Waals surface area contributed by atoms with Crippen molar-refractivity contribution < 1.29 is 17.9 Å². The van der Waals surface area contributed by atoms with Crippen LogP contribution < -0.4 is 0 Å². The third kappa shape index (κ3) is 4.37. The molecule has 0 N–H and O–H groups in total. The number of thioether (sulfide) groups is 1. The summed E-state index contributed by atoms with van der Waals surface area (Å²) in [5.41, 5.74) is 0.619. The van der Waals surface area contributed by atoms with Gasteiger partial charge < -0.3 is 9.64 Å². The normalized spacial score (nSPS) is 21.4. The van der Waals surface area contributed by atoms with Gasteiger partial charge in [0.1, 0.15) is 5.37 Å². The van der Waals surface area contributed by atoms with Crippen LogP contribution in [0.1, 0.15) is 17.5 Å². The van der Waals surface area contributed by atoms with E-state index in [2.05, 4.69) is 4.90 Å². The summed E-state index contributed by atoms with van der Waals surface area (Å²) < 4.78 is 33.1. The predicted molar refractivity (Wildman–Crippen MR) is 112 cm³/mol. The first kappa shape index (κ1) is 20.5. The predicted octanol–water partition coefficient (Wildman–Crippen LogP) is 2.02. The lowest BCUT2D eigenvalue weighted by Gasteiger charge is -2.37. The highest BCUT2D eigenvalue weighted by molar-refractivity contribution is 7.99. The molecule has 0 saturated carbocycles. The molecule has 2 saturated heterocycles. The fourth-order valence-electron chi connectivity index (χ4n) is 3.68. The highest BCUT2D eigenvalue weighted by atomic mass is 32.2. The Morgan fingerprint density at radius 2 is 1.79 bits per heavy atom. The Bertz CT molecular complexity index is 940. The summed E-state index contributed by atoms with van der Waals surface area (Å²) in [5, 5.41) is -0.314. The molecule has 1 aromatic carbocycles. The third-order valence-electron chi connectivity index (χ3n) is 5.25. The van der Waals surface area contributed by atoms with E-state index in [1.807, 2.05) is 4.90 Å². The second-order valence-electron chi connectivity index (χ2n) is 7.06. The van der Waals surface area contributed by atoms with Gasteiger partial charge in [0.05, 0.1) is 23.8 Å². The van der Waals surface area contributed by atoms with E-state index in [1.165, 1.54) is 3.97 Å². The minimum absolute atomic E-state index is 0.0758. The van der Waals surface area contributed by atoms with Gasteiger partial charge in [-0.05, 0) is 24.3 Å². The van der Waals surface area contributed by atoms with Crippen LogP contribution in [-0.2, 0) is 19.6 Å². The minimum Gasteiger partial charge on any atom is -0.379 e. The van der Waals surface area contributed by atoms with E-state index in [0.717, 1.165) is 19.6 Å². The first-order valence-corrected chi connectivity index (χ1v) is 12.3. The number of morpholine rings is 1. The van der Waals surface area contributed by atoms with Gasteiger partial charge in [0.2, 0.25) is 5.91 Å². The quantitative estimate of drug-likeness (QED) is 0.691. The molecule has 0 bridgehead atoms. The Labute approximate surface area is 175 Å². The van der Waals surface area contributed by atoms with Crippen molar-refractivity contribution in [1.29, 1.82) is 0 Å². The van der Waals surface area contributed by atoms with E-state index in [4.69, 9.17) is 4.74 Å². The molecular weight excluding hydrogens is 410 g/mol. The van der Waals surface area contributed by atoms with Crippen molar-refractivity contribution in [3.63, 3.8) is 0 Å². The van der Waals surface area contributed by atoms with E-state index < -0.39 is 10.0 Å². The number of nitrogens with zero attached hydrogens (tertiary/aromatic N) is 3. The number of carbonyl (C=O) groups is 1. The summed E-state index contributed by atoms with van der Waals surface area (Å²) in [7, 11) is -3.71. The molecule has 7 nitrogen and oxygen atoms in total. The second kappa shape index (κ2) is 8.91. The molecule has 2 aliphatic heterocycles. The Kier molecular flexibility index (Phi) is 6.29. The molecule has 2 aliphatic rings. The maximum absolute atomic E-state index is 13.2. The number of aromatic nitrogens is 1. The Morgan fingerprint density at radius 3 is 2.55 bits per heavy atom. The molecule has 2 fully saturated rings. The van der Waals surface area contributed by atoms with Crippen LogP contribution >= 0.6 is 11.8 Å². The summed E-state index contributed by atoms with van der Waals surface area (Å²) in [5.74, 6) is 0.764. The monoisotopic (exact) mass is 435 g/mol. The maximum Gasteiger partial charge on any atom is 0.267 e. The molecule has 4 rings (SSSR count).